The number of halogens is 1. The summed E-state index contributed by atoms with van der Waals surface area (Å²) in [6, 6.07) is 0. The number of esters is 1. The molecule has 3 N–H and O–H groups in total. The molecule has 1 aliphatic rings. The summed E-state index contributed by atoms with van der Waals surface area (Å²) >= 11 is 1.91. The van der Waals surface area contributed by atoms with Gasteiger partial charge in [-0.05, 0) is 6.08 Å². The molecule has 4 atom stereocenters. The van der Waals surface area contributed by atoms with Gasteiger partial charge in [0.1, 0.15) is 6.10 Å². The summed E-state index contributed by atoms with van der Waals surface area (Å²) in [5.41, 5.74) is -1.35. The maximum Gasteiger partial charge on any atom is 0.330 e. The lowest BCUT2D eigenvalue weighted by atomic mass is 10.2. The van der Waals surface area contributed by atoms with Crippen molar-refractivity contribution >= 4 is 34.6 Å². The van der Waals surface area contributed by atoms with Crippen molar-refractivity contribution in [3.05, 3.63) is 38.7 Å². The van der Waals surface area contributed by atoms with E-state index in [4.69, 9.17) is 9.84 Å². The van der Waals surface area contributed by atoms with Gasteiger partial charge in [0.2, 0.25) is 0 Å². The number of hydrogen-bond acceptors (Lipinski definition) is 7. The molecule has 0 amide bonds. The number of nitrogens with zero attached hydrogens (tertiary/aromatic N) is 1. The number of H-pyrrole nitrogens is 1. The topological polar surface area (TPSA) is 131 Å². The Hall–Kier alpha value is -1.50. The Balaban J connectivity index is 2.40. The zero-order chi connectivity index (χ0) is 17.1. The average molecular weight is 438 g/mol. The van der Waals surface area contributed by atoms with Crippen LogP contribution in [0.4, 0.5) is 0 Å². The summed E-state index contributed by atoms with van der Waals surface area (Å²) in [5, 5.41) is 19.1. The van der Waals surface area contributed by atoms with Crippen molar-refractivity contribution in [3.8, 4) is 0 Å². The summed E-state index contributed by atoms with van der Waals surface area (Å²) in [4.78, 5) is 37.0. The van der Waals surface area contributed by atoms with E-state index in [0.29, 0.717) is 0 Å². The number of ether oxygens (including phenoxy) is 2. The van der Waals surface area contributed by atoms with E-state index in [1.165, 1.54) is 19.4 Å². The molecule has 0 spiro atoms. The van der Waals surface area contributed by atoms with Crippen molar-refractivity contribution < 1.29 is 24.5 Å². The van der Waals surface area contributed by atoms with Gasteiger partial charge in [-0.1, -0.05) is 22.6 Å². The number of alkyl halides is 1. The van der Waals surface area contributed by atoms with Crippen LogP contribution in [0.1, 0.15) is 11.8 Å². The normalized spacial score (nSPS) is 27.5. The van der Waals surface area contributed by atoms with Gasteiger partial charge in [0.15, 0.2) is 6.23 Å². The predicted octanol–water partition coefficient (Wildman–Crippen LogP) is -1.22. The summed E-state index contributed by atoms with van der Waals surface area (Å²) in [6.07, 6.45) is 0.828. The van der Waals surface area contributed by atoms with Crippen LogP contribution in [0, 0.1) is 0 Å². The Morgan fingerprint density at radius 2 is 2.26 bits per heavy atom. The number of hydrogen-bond donors (Lipinski definition) is 3. The van der Waals surface area contributed by atoms with Crippen molar-refractivity contribution in [1.29, 1.82) is 0 Å². The van der Waals surface area contributed by atoms with E-state index in [9.17, 15) is 19.5 Å². The summed E-state index contributed by atoms with van der Waals surface area (Å²) in [5.74, 6) is -0.651. The molecule has 2 unspecified atom stereocenters. The number of carbonyl (C=O) groups is 1. The first-order valence-electron chi connectivity index (χ1n) is 6.59. The van der Waals surface area contributed by atoms with Crippen molar-refractivity contribution in [2.45, 2.75) is 22.4 Å². The van der Waals surface area contributed by atoms with E-state index in [1.807, 2.05) is 22.6 Å². The highest BCUT2D eigenvalue weighted by Gasteiger charge is 2.43. The van der Waals surface area contributed by atoms with Crippen LogP contribution in [0.5, 0.6) is 0 Å². The molecule has 2 rings (SSSR count). The highest BCUT2D eigenvalue weighted by molar-refractivity contribution is 14.1. The molecule has 0 radical (unpaired) electrons. The second-order valence-electron chi connectivity index (χ2n) is 4.79. The van der Waals surface area contributed by atoms with E-state index in [0.717, 1.165) is 10.6 Å². The zero-order valence-electron chi connectivity index (χ0n) is 12.0. The minimum Gasteiger partial charge on any atom is -0.466 e. The Labute approximate surface area is 143 Å². The van der Waals surface area contributed by atoms with Crippen LogP contribution in [0.2, 0.25) is 0 Å². The lowest BCUT2D eigenvalue weighted by molar-refractivity contribution is -0.134. The molecule has 23 heavy (non-hydrogen) atoms. The van der Waals surface area contributed by atoms with Crippen LogP contribution in [-0.2, 0) is 14.3 Å². The number of aromatic nitrogens is 2. The quantitative estimate of drug-likeness (QED) is 0.233. The minimum absolute atomic E-state index is 0.0455. The van der Waals surface area contributed by atoms with Gasteiger partial charge in [-0.3, -0.25) is 14.3 Å². The maximum atomic E-state index is 12.0. The van der Waals surface area contributed by atoms with Gasteiger partial charge in [-0.15, -0.1) is 0 Å². The molecular weight excluding hydrogens is 423 g/mol. The van der Waals surface area contributed by atoms with Gasteiger partial charge in [0, 0.05) is 12.3 Å². The number of methoxy groups -OCH3 is 1. The van der Waals surface area contributed by atoms with Crippen LogP contribution >= 0.6 is 22.6 Å². The van der Waals surface area contributed by atoms with Gasteiger partial charge in [0.05, 0.1) is 29.3 Å². The third-order valence-corrected chi connectivity index (χ3v) is 4.70. The monoisotopic (exact) mass is 438 g/mol. The smallest absolute Gasteiger partial charge is 0.330 e. The number of aromatic amines is 1. The lowest BCUT2D eigenvalue weighted by Crippen LogP contribution is -2.36. The fourth-order valence-corrected chi connectivity index (χ4v) is 3.09. The van der Waals surface area contributed by atoms with E-state index >= 15 is 0 Å². The molecule has 0 bridgehead atoms. The first-order valence-corrected chi connectivity index (χ1v) is 7.83. The van der Waals surface area contributed by atoms with Crippen LogP contribution in [0.3, 0.4) is 0 Å². The first kappa shape index (κ1) is 17.8. The van der Waals surface area contributed by atoms with Gasteiger partial charge < -0.3 is 19.7 Å². The summed E-state index contributed by atoms with van der Waals surface area (Å²) in [6.45, 7) is -0.398. The first-order chi connectivity index (χ1) is 10.9. The molecule has 0 aromatic carbocycles. The Bertz CT molecular complexity index is 726. The van der Waals surface area contributed by atoms with E-state index in [-0.39, 0.29) is 5.56 Å². The number of rotatable bonds is 4. The molecule has 2 heterocycles. The molecule has 10 heteroatoms. The van der Waals surface area contributed by atoms with Crippen LogP contribution in [0.15, 0.2) is 21.9 Å². The SMILES string of the molecule is COC(=O)C=Cc1cn([C@H]2O[C@@H](CO)C(O)C2I)c(=O)[nH]c1=O. The van der Waals surface area contributed by atoms with Gasteiger partial charge in [-0.2, -0.15) is 0 Å². The number of carbonyl (C=O) groups excluding carboxylic acids is 1. The largest absolute Gasteiger partial charge is 0.466 e. The Kier molecular flexibility index (Phi) is 5.73. The molecule has 1 aromatic rings. The summed E-state index contributed by atoms with van der Waals surface area (Å²) in [7, 11) is 1.20. The molecule has 9 nitrogen and oxygen atoms in total. The van der Waals surface area contributed by atoms with Crippen molar-refractivity contribution in [3.63, 3.8) is 0 Å². The van der Waals surface area contributed by atoms with Crippen LogP contribution in [0.25, 0.3) is 6.08 Å². The van der Waals surface area contributed by atoms with E-state index < -0.39 is 46.2 Å². The maximum absolute atomic E-state index is 12.0. The Morgan fingerprint density at radius 3 is 2.83 bits per heavy atom. The average Bonchev–Trinajstić information content (AvgIpc) is 2.81. The second kappa shape index (κ2) is 7.38. The number of aliphatic hydroxyl groups is 2. The third kappa shape index (κ3) is 3.71. The number of nitrogens with one attached hydrogen (secondary N) is 1. The van der Waals surface area contributed by atoms with E-state index in [2.05, 4.69) is 9.72 Å². The zero-order valence-corrected chi connectivity index (χ0v) is 14.2. The fraction of sp³-hybridized carbons (Fsp3) is 0.462. The molecular formula is C13H15IN2O7. The number of aliphatic hydroxyl groups excluding tert-OH is 2. The summed E-state index contributed by atoms with van der Waals surface area (Å²) < 4.78 is 10.5. The Morgan fingerprint density at radius 1 is 1.57 bits per heavy atom. The second-order valence-corrected chi connectivity index (χ2v) is 6.23. The van der Waals surface area contributed by atoms with Crippen molar-refractivity contribution in [2.24, 2.45) is 0 Å². The fourth-order valence-electron chi connectivity index (χ4n) is 2.11. The van der Waals surface area contributed by atoms with Gasteiger partial charge in [-0.25, -0.2) is 9.59 Å². The van der Waals surface area contributed by atoms with E-state index in [1.54, 1.807) is 0 Å². The van der Waals surface area contributed by atoms with Gasteiger partial charge >= 0.3 is 11.7 Å². The standard InChI is InChI=1S/C13H15IN2O7/c1-22-8(18)3-2-6-4-16(13(21)15-11(6)20)12-9(14)10(19)7(5-17)23-12/h2-4,7,9-10,12,17,19H,5H2,1H3,(H,15,20,21)/t7-,9?,10?,12-/m0/s1. The van der Waals surface area contributed by atoms with Gasteiger partial charge in [0.25, 0.3) is 5.56 Å². The van der Waals surface area contributed by atoms with Crippen LogP contribution < -0.4 is 11.2 Å². The molecule has 0 saturated carbocycles. The minimum atomic E-state index is -0.960. The van der Waals surface area contributed by atoms with Crippen molar-refractivity contribution in [1.82, 2.24) is 9.55 Å². The molecule has 1 saturated heterocycles. The highest BCUT2D eigenvalue weighted by atomic mass is 127. The molecule has 0 aliphatic carbocycles. The van der Waals surface area contributed by atoms with Crippen LogP contribution in [-0.4, -0.2) is 55.6 Å². The van der Waals surface area contributed by atoms with Crippen molar-refractivity contribution in [2.75, 3.05) is 13.7 Å². The molecule has 126 valence electrons. The molecule has 1 aliphatic heterocycles. The lowest BCUT2D eigenvalue weighted by Gasteiger charge is -2.17. The highest BCUT2D eigenvalue weighted by Crippen LogP contribution is 2.33. The molecule has 1 aromatic heterocycles. The predicted molar refractivity (Wildman–Crippen MR) is 87.2 cm³/mol. The third-order valence-electron chi connectivity index (χ3n) is 3.34. The molecule has 1 fully saturated rings.